The fraction of sp³-hybridized carbons (Fsp3) is 0. The number of halogens is 2. The second-order valence-corrected chi connectivity index (χ2v) is 5.49. The molecule has 0 saturated carbocycles. The molecule has 1 heterocycles. The van der Waals surface area contributed by atoms with Crippen LogP contribution in [0.1, 0.15) is 10.4 Å². The average Bonchev–Trinajstić information content (AvgIpc) is 2.59. The number of aromatic nitrogens is 1. The van der Waals surface area contributed by atoms with E-state index in [9.17, 15) is 14.0 Å². The first kappa shape index (κ1) is 16.0. The van der Waals surface area contributed by atoms with E-state index < -0.39 is 11.7 Å². The second-order valence-electron chi connectivity index (χ2n) is 5.08. The van der Waals surface area contributed by atoms with Crippen molar-refractivity contribution in [3.8, 4) is 11.1 Å². The zero-order valence-electron chi connectivity index (χ0n) is 12.3. The van der Waals surface area contributed by atoms with Crippen molar-refractivity contribution in [3.05, 3.63) is 87.6 Å². The molecule has 1 aromatic heterocycles. The third kappa shape index (κ3) is 3.36. The van der Waals surface area contributed by atoms with Crippen LogP contribution in [0.15, 0.2) is 65.6 Å². The maximum atomic E-state index is 13.2. The van der Waals surface area contributed by atoms with Gasteiger partial charge in [-0.15, -0.1) is 0 Å². The Morgan fingerprint density at radius 3 is 2.54 bits per heavy atom. The van der Waals surface area contributed by atoms with E-state index in [1.807, 2.05) is 18.2 Å². The third-order valence-corrected chi connectivity index (χ3v) is 3.72. The first-order valence-electron chi connectivity index (χ1n) is 7.09. The number of benzene rings is 2. The van der Waals surface area contributed by atoms with E-state index in [2.05, 4.69) is 10.3 Å². The number of carbonyl (C=O) groups is 1. The largest absolute Gasteiger partial charge is 0.328 e. The molecule has 24 heavy (non-hydrogen) atoms. The molecule has 0 radical (unpaired) electrons. The lowest BCUT2D eigenvalue weighted by Gasteiger charge is -2.07. The van der Waals surface area contributed by atoms with Gasteiger partial charge in [-0.25, -0.2) is 4.39 Å². The number of rotatable bonds is 3. The van der Waals surface area contributed by atoms with Gasteiger partial charge in [0, 0.05) is 17.4 Å². The molecule has 2 aromatic carbocycles. The van der Waals surface area contributed by atoms with Crippen LogP contribution in [-0.2, 0) is 0 Å². The van der Waals surface area contributed by atoms with Gasteiger partial charge >= 0.3 is 0 Å². The highest BCUT2D eigenvalue weighted by molar-refractivity contribution is 6.31. The Balaban J connectivity index is 1.90. The molecule has 1 amide bonds. The summed E-state index contributed by atoms with van der Waals surface area (Å²) in [5, 5.41) is 2.53. The molecule has 0 saturated heterocycles. The van der Waals surface area contributed by atoms with Gasteiger partial charge in [0.15, 0.2) is 0 Å². The van der Waals surface area contributed by atoms with Gasteiger partial charge in [0.25, 0.3) is 11.5 Å². The lowest BCUT2D eigenvalue weighted by atomic mass is 10.1. The number of H-pyrrole nitrogens is 1. The van der Waals surface area contributed by atoms with E-state index in [4.69, 9.17) is 11.6 Å². The van der Waals surface area contributed by atoms with Crippen LogP contribution in [0.25, 0.3) is 11.1 Å². The van der Waals surface area contributed by atoms with E-state index in [0.29, 0.717) is 16.8 Å². The Kier molecular flexibility index (Phi) is 4.44. The SMILES string of the molecule is O=C(Nc1ccc(F)c(Cl)c1)c1c[nH]c(=O)c(-c2ccccc2)c1. The summed E-state index contributed by atoms with van der Waals surface area (Å²) in [4.78, 5) is 26.9. The van der Waals surface area contributed by atoms with Gasteiger partial charge in [-0.3, -0.25) is 9.59 Å². The molecule has 3 rings (SSSR count). The molecule has 3 aromatic rings. The van der Waals surface area contributed by atoms with E-state index in [1.165, 1.54) is 30.5 Å². The highest BCUT2D eigenvalue weighted by Crippen LogP contribution is 2.20. The molecule has 120 valence electrons. The Bertz CT molecular complexity index is 955. The number of anilines is 1. The Labute approximate surface area is 141 Å². The smallest absolute Gasteiger partial charge is 0.257 e. The number of nitrogens with one attached hydrogen (secondary N) is 2. The van der Waals surface area contributed by atoms with Crippen LogP contribution < -0.4 is 10.9 Å². The monoisotopic (exact) mass is 342 g/mol. The minimum Gasteiger partial charge on any atom is -0.328 e. The van der Waals surface area contributed by atoms with Gasteiger partial charge in [-0.2, -0.15) is 0 Å². The molecule has 0 aliphatic rings. The van der Waals surface area contributed by atoms with Crippen LogP contribution in [0.2, 0.25) is 5.02 Å². The molecule has 0 bridgehead atoms. The van der Waals surface area contributed by atoms with Crippen molar-refractivity contribution in [2.75, 3.05) is 5.32 Å². The maximum Gasteiger partial charge on any atom is 0.257 e. The summed E-state index contributed by atoms with van der Waals surface area (Å²) < 4.78 is 13.2. The second kappa shape index (κ2) is 6.68. The summed E-state index contributed by atoms with van der Waals surface area (Å²) in [5.41, 5.74) is 1.44. The molecule has 0 unspecified atom stereocenters. The zero-order chi connectivity index (χ0) is 17.1. The van der Waals surface area contributed by atoms with Crippen LogP contribution in [0.3, 0.4) is 0 Å². The number of hydrogen-bond acceptors (Lipinski definition) is 2. The van der Waals surface area contributed by atoms with E-state index in [-0.39, 0.29) is 16.1 Å². The molecule has 0 spiro atoms. The molecule has 0 aliphatic carbocycles. The molecule has 4 nitrogen and oxygen atoms in total. The number of aromatic amines is 1. The number of carbonyl (C=O) groups excluding carboxylic acids is 1. The average molecular weight is 343 g/mol. The summed E-state index contributed by atoms with van der Waals surface area (Å²) in [6, 6.07) is 14.4. The van der Waals surface area contributed by atoms with Crippen LogP contribution >= 0.6 is 11.6 Å². The Morgan fingerprint density at radius 2 is 1.83 bits per heavy atom. The lowest BCUT2D eigenvalue weighted by Crippen LogP contribution is -2.16. The molecule has 0 fully saturated rings. The summed E-state index contributed by atoms with van der Waals surface area (Å²) >= 11 is 5.70. The van der Waals surface area contributed by atoms with E-state index in [0.717, 1.165) is 0 Å². The van der Waals surface area contributed by atoms with Crippen LogP contribution in [0.5, 0.6) is 0 Å². The molecule has 0 atom stereocenters. The predicted octanol–water partition coefficient (Wildman–Crippen LogP) is 4.09. The lowest BCUT2D eigenvalue weighted by molar-refractivity contribution is 0.102. The Morgan fingerprint density at radius 1 is 1.08 bits per heavy atom. The highest BCUT2D eigenvalue weighted by atomic mass is 35.5. The minimum atomic E-state index is -0.565. The first-order valence-corrected chi connectivity index (χ1v) is 7.47. The van der Waals surface area contributed by atoms with E-state index in [1.54, 1.807) is 12.1 Å². The molecule has 6 heteroatoms. The molecule has 0 aliphatic heterocycles. The van der Waals surface area contributed by atoms with Crippen molar-refractivity contribution in [1.29, 1.82) is 0 Å². The number of pyridine rings is 1. The van der Waals surface area contributed by atoms with Gasteiger partial charge in [0.1, 0.15) is 5.82 Å². The molecular weight excluding hydrogens is 331 g/mol. The van der Waals surface area contributed by atoms with Crippen molar-refractivity contribution in [3.63, 3.8) is 0 Å². The predicted molar refractivity (Wildman–Crippen MR) is 91.9 cm³/mol. The summed E-state index contributed by atoms with van der Waals surface area (Å²) in [5.74, 6) is -1.00. The van der Waals surface area contributed by atoms with Gasteiger partial charge in [0.2, 0.25) is 0 Å². The van der Waals surface area contributed by atoms with Crippen molar-refractivity contribution in [2.24, 2.45) is 0 Å². The minimum absolute atomic E-state index is 0.0840. The fourth-order valence-electron chi connectivity index (χ4n) is 2.22. The summed E-state index contributed by atoms with van der Waals surface area (Å²) in [6.45, 7) is 0. The summed E-state index contributed by atoms with van der Waals surface area (Å²) in [7, 11) is 0. The van der Waals surface area contributed by atoms with Gasteiger partial charge in [-0.05, 0) is 29.8 Å². The van der Waals surface area contributed by atoms with Crippen molar-refractivity contribution < 1.29 is 9.18 Å². The standard InChI is InChI=1S/C18H12ClFN2O2/c19-15-9-13(6-7-16(15)20)22-17(23)12-8-14(18(24)21-10-12)11-4-2-1-3-5-11/h1-10H,(H,21,24)(H,22,23). The number of amides is 1. The topological polar surface area (TPSA) is 62.0 Å². The number of hydrogen-bond donors (Lipinski definition) is 2. The zero-order valence-corrected chi connectivity index (χ0v) is 13.1. The van der Waals surface area contributed by atoms with Crippen LogP contribution in [-0.4, -0.2) is 10.9 Å². The van der Waals surface area contributed by atoms with Crippen molar-refractivity contribution in [2.45, 2.75) is 0 Å². The van der Waals surface area contributed by atoms with Crippen LogP contribution in [0.4, 0.5) is 10.1 Å². The van der Waals surface area contributed by atoms with Gasteiger partial charge in [0.05, 0.1) is 10.6 Å². The first-order chi connectivity index (χ1) is 11.5. The third-order valence-electron chi connectivity index (χ3n) is 3.43. The molecule has 2 N–H and O–H groups in total. The normalized spacial score (nSPS) is 10.4. The fourth-order valence-corrected chi connectivity index (χ4v) is 2.40. The molecular formula is C18H12ClFN2O2. The van der Waals surface area contributed by atoms with Gasteiger partial charge < -0.3 is 10.3 Å². The van der Waals surface area contributed by atoms with Gasteiger partial charge in [-0.1, -0.05) is 41.9 Å². The highest BCUT2D eigenvalue weighted by Gasteiger charge is 2.11. The van der Waals surface area contributed by atoms with E-state index >= 15 is 0 Å². The summed E-state index contributed by atoms with van der Waals surface area (Å²) in [6.07, 6.45) is 1.33. The Hall–Kier alpha value is -2.92. The quantitative estimate of drug-likeness (QED) is 0.753. The maximum absolute atomic E-state index is 13.2. The van der Waals surface area contributed by atoms with Crippen LogP contribution in [0, 0.1) is 5.82 Å². The van der Waals surface area contributed by atoms with Crippen molar-refractivity contribution >= 4 is 23.2 Å². The van der Waals surface area contributed by atoms with Crippen molar-refractivity contribution in [1.82, 2.24) is 4.98 Å².